The molecule has 0 aromatic carbocycles. The van der Waals surface area contributed by atoms with Crippen LogP contribution in [-0.4, -0.2) is 27.5 Å². The zero-order valence-corrected chi connectivity index (χ0v) is 8.63. The van der Waals surface area contributed by atoms with Crippen LogP contribution in [0.2, 0.25) is 0 Å². The quantitative estimate of drug-likeness (QED) is 0.723. The Labute approximate surface area is 89.6 Å². The molecule has 4 heteroatoms. The molecule has 0 N–H and O–H groups in total. The lowest BCUT2D eigenvalue weighted by atomic mass is 10.3. The molecule has 1 aliphatic rings. The van der Waals surface area contributed by atoms with Gasteiger partial charge in [-0.2, -0.15) is 5.26 Å². The van der Waals surface area contributed by atoms with Crippen LogP contribution in [0.15, 0.2) is 18.5 Å². The summed E-state index contributed by atoms with van der Waals surface area (Å²) in [7, 11) is 0. The average Bonchev–Trinajstić information content (AvgIpc) is 3.09. The Morgan fingerprint density at radius 2 is 2.13 bits per heavy atom. The summed E-state index contributed by atoms with van der Waals surface area (Å²) in [6, 6.07) is 4.66. The van der Waals surface area contributed by atoms with Crippen LogP contribution in [0.3, 0.4) is 0 Å². The van der Waals surface area contributed by atoms with Crippen LogP contribution in [0, 0.1) is 11.3 Å². The van der Waals surface area contributed by atoms with Gasteiger partial charge in [-0.3, -0.25) is 4.90 Å². The Bertz CT molecular complexity index is 339. The summed E-state index contributed by atoms with van der Waals surface area (Å²) < 4.78 is 0. The van der Waals surface area contributed by atoms with E-state index in [1.165, 1.54) is 12.8 Å². The number of hydrogen-bond donors (Lipinski definition) is 0. The van der Waals surface area contributed by atoms with E-state index in [4.69, 9.17) is 5.26 Å². The van der Waals surface area contributed by atoms with E-state index in [-0.39, 0.29) is 0 Å². The third-order valence-electron chi connectivity index (χ3n) is 2.54. The first-order valence-electron chi connectivity index (χ1n) is 5.27. The highest BCUT2D eigenvalue weighted by Crippen LogP contribution is 2.27. The molecule has 0 saturated heterocycles. The predicted octanol–water partition coefficient (Wildman–Crippen LogP) is 1.35. The standard InChI is InChI=1S/C11H14N4/c12-5-1-8-15(10-3-4-10)9-11-13-6-2-7-14-11/h2,6-7,10H,1,3-4,8-9H2. The lowest BCUT2D eigenvalue weighted by Gasteiger charge is -2.19. The fourth-order valence-electron chi connectivity index (χ4n) is 1.62. The number of nitrogens with zero attached hydrogens (tertiary/aromatic N) is 4. The fourth-order valence-corrected chi connectivity index (χ4v) is 1.62. The maximum absolute atomic E-state index is 8.58. The summed E-state index contributed by atoms with van der Waals surface area (Å²) >= 11 is 0. The number of hydrogen-bond acceptors (Lipinski definition) is 4. The first-order valence-corrected chi connectivity index (χ1v) is 5.27. The van der Waals surface area contributed by atoms with Crippen molar-refractivity contribution in [3.8, 4) is 6.07 Å². The van der Waals surface area contributed by atoms with Crippen molar-refractivity contribution in [2.45, 2.75) is 31.8 Å². The normalized spacial score (nSPS) is 15.2. The van der Waals surface area contributed by atoms with Gasteiger partial charge in [-0.15, -0.1) is 0 Å². The fraction of sp³-hybridized carbons (Fsp3) is 0.545. The first kappa shape index (κ1) is 10.1. The predicted molar refractivity (Wildman–Crippen MR) is 55.7 cm³/mol. The van der Waals surface area contributed by atoms with Crippen molar-refractivity contribution >= 4 is 0 Å². The molecule has 1 heterocycles. The van der Waals surface area contributed by atoms with E-state index in [0.717, 1.165) is 18.9 Å². The van der Waals surface area contributed by atoms with E-state index in [1.54, 1.807) is 12.4 Å². The molecule has 0 unspecified atom stereocenters. The molecule has 4 nitrogen and oxygen atoms in total. The molecule has 0 bridgehead atoms. The minimum atomic E-state index is 0.587. The van der Waals surface area contributed by atoms with E-state index >= 15 is 0 Å². The highest BCUT2D eigenvalue weighted by atomic mass is 15.2. The maximum Gasteiger partial charge on any atom is 0.142 e. The van der Waals surface area contributed by atoms with Gasteiger partial charge >= 0.3 is 0 Å². The summed E-state index contributed by atoms with van der Waals surface area (Å²) in [5, 5.41) is 8.58. The van der Waals surface area contributed by atoms with Crippen LogP contribution in [0.1, 0.15) is 25.1 Å². The van der Waals surface area contributed by atoms with Crippen LogP contribution in [-0.2, 0) is 6.54 Å². The van der Waals surface area contributed by atoms with Crippen LogP contribution in [0.4, 0.5) is 0 Å². The molecule has 0 atom stereocenters. The SMILES string of the molecule is N#CCCN(Cc1ncccn1)C1CC1. The minimum Gasteiger partial charge on any atom is -0.292 e. The molecule has 0 radical (unpaired) electrons. The van der Waals surface area contributed by atoms with Gasteiger partial charge in [0.25, 0.3) is 0 Å². The zero-order chi connectivity index (χ0) is 10.5. The average molecular weight is 202 g/mol. The Morgan fingerprint density at radius 1 is 1.40 bits per heavy atom. The van der Waals surface area contributed by atoms with E-state index < -0.39 is 0 Å². The molecule has 1 aromatic rings. The van der Waals surface area contributed by atoms with Gasteiger partial charge in [0.1, 0.15) is 5.82 Å². The number of nitriles is 1. The van der Waals surface area contributed by atoms with Gasteiger partial charge in [-0.1, -0.05) is 0 Å². The van der Waals surface area contributed by atoms with Crippen LogP contribution in [0.25, 0.3) is 0 Å². The molecule has 1 fully saturated rings. The molecule has 0 spiro atoms. The third kappa shape index (κ3) is 3.00. The van der Waals surface area contributed by atoms with Crippen LogP contribution < -0.4 is 0 Å². The molecule has 0 amide bonds. The Hall–Kier alpha value is -1.47. The molecule has 78 valence electrons. The number of rotatable bonds is 5. The Balaban J connectivity index is 1.92. The molecular formula is C11H14N4. The second-order valence-electron chi connectivity index (χ2n) is 3.77. The van der Waals surface area contributed by atoms with Crippen LogP contribution >= 0.6 is 0 Å². The minimum absolute atomic E-state index is 0.587. The van der Waals surface area contributed by atoms with Crippen LogP contribution in [0.5, 0.6) is 0 Å². The summed E-state index contributed by atoms with van der Waals surface area (Å²) in [6.45, 7) is 1.60. The van der Waals surface area contributed by atoms with Gasteiger partial charge in [0.15, 0.2) is 0 Å². The van der Waals surface area contributed by atoms with Gasteiger partial charge in [0.05, 0.1) is 12.6 Å². The van der Waals surface area contributed by atoms with Crippen molar-refractivity contribution < 1.29 is 0 Å². The highest BCUT2D eigenvalue weighted by Gasteiger charge is 2.28. The molecule has 1 saturated carbocycles. The summed E-state index contributed by atoms with van der Waals surface area (Å²) in [5.41, 5.74) is 0. The Kier molecular flexibility index (Phi) is 3.25. The lowest BCUT2D eigenvalue weighted by Crippen LogP contribution is -2.27. The van der Waals surface area contributed by atoms with Crippen molar-refractivity contribution in [2.24, 2.45) is 0 Å². The maximum atomic E-state index is 8.58. The monoisotopic (exact) mass is 202 g/mol. The van der Waals surface area contributed by atoms with E-state index in [1.807, 2.05) is 6.07 Å². The molecule has 1 aliphatic carbocycles. The highest BCUT2D eigenvalue weighted by molar-refractivity contribution is 4.93. The van der Waals surface area contributed by atoms with E-state index in [9.17, 15) is 0 Å². The molecule has 15 heavy (non-hydrogen) atoms. The van der Waals surface area contributed by atoms with E-state index in [0.29, 0.717) is 12.5 Å². The summed E-state index contributed by atoms with van der Waals surface area (Å²) in [6.07, 6.45) is 6.61. The smallest absolute Gasteiger partial charge is 0.142 e. The topological polar surface area (TPSA) is 52.8 Å². The van der Waals surface area contributed by atoms with Crippen molar-refractivity contribution in [3.63, 3.8) is 0 Å². The zero-order valence-electron chi connectivity index (χ0n) is 8.63. The van der Waals surface area contributed by atoms with Crippen molar-refractivity contribution in [2.75, 3.05) is 6.54 Å². The van der Waals surface area contributed by atoms with Crippen molar-refractivity contribution in [1.82, 2.24) is 14.9 Å². The van der Waals surface area contributed by atoms with E-state index in [2.05, 4.69) is 20.9 Å². The second kappa shape index (κ2) is 4.85. The molecule has 1 aromatic heterocycles. The van der Waals surface area contributed by atoms with Crippen molar-refractivity contribution in [3.05, 3.63) is 24.3 Å². The summed E-state index contributed by atoms with van der Waals surface area (Å²) in [5.74, 6) is 0.849. The first-order chi connectivity index (χ1) is 7.40. The molecule has 2 rings (SSSR count). The second-order valence-corrected chi connectivity index (χ2v) is 3.77. The van der Waals surface area contributed by atoms with Gasteiger partial charge in [-0.25, -0.2) is 9.97 Å². The van der Waals surface area contributed by atoms with Gasteiger partial charge in [-0.05, 0) is 18.9 Å². The third-order valence-corrected chi connectivity index (χ3v) is 2.54. The largest absolute Gasteiger partial charge is 0.292 e. The van der Waals surface area contributed by atoms with Gasteiger partial charge < -0.3 is 0 Å². The number of aromatic nitrogens is 2. The summed E-state index contributed by atoms with van der Waals surface area (Å²) in [4.78, 5) is 10.7. The molecule has 0 aliphatic heterocycles. The van der Waals surface area contributed by atoms with Crippen molar-refractivity contribution in [1.29, 1.82) is 5.26 Å². The molecular weight excluding hydrogens is 188 g/mol. The van der Waals surface area contributed by atoms with Gasteiger partial charge in [0, 0.05) is 31.4 Å². The Morgan fingerprint density at radius 3 is 2.73 bits per heavy atom. The lowest BCUT2D eigenvalue weighted by molar-refractivity contribution is 0.254. The van der Waals surface area contributed by atoms with Gasteiger partial charge in [0.2, 0.25) is 0 Å².